The summed E-state index contributed by atoms with van der Waals surface area (Å²) in [4.78, 5) is 36.3. The minimum atomic E-state index is -0.137. The summed E-state index contributed by atoms with van der Waals surface area (Å²) in [5.74, 6) is 0.761. The number of hydrogen-bond donors (Lipinski definition) is 0. The molecular weight excluding hydrogens is 380 g/mol. The maximum Gasteiger partial charge on any atom is 0.257 e. The lowest BCUT2D eigenvalue weighted by Gasteiger charge is -2.27. The van der Waals surface area contributed by atoms with Crippen molar-refractivity contribution in [3.63, 3.8) is 0 Å². The molecular formula is C22H32N6O2. The fraction of sp³-hybridized carbons (Fsp3) is 0.545. The summed E-state index contributed by atoms with van der Waals surface area (Å²) in [7, 11) is 3.83. The summed E-state index contributed by atoms with van der Waals surface area (Å²) in [6.45, 7) is 6.62. The van der Waals surface area contributed by atoms with Crippen LogP contribution in [0.3, 0.4) is 0 Å². The molecule has 8 nitrogen and oxygen atoms in total. The van der Waals surface area contributed by atoms with Crippen LogP contribution in [0.15, 0.2) is 24.4 Å². The zero-order chi connectivity index (χ0) is 21.7. The molecule has 0 radical (unpaired) electrons. The Bertz CT molecular complexity index is 894. The van der Waals surface area contributed by atoms with E-state index in [1.165, 1.54) is 0 Å². The van der Waals surface area contributed by atoms with E-state index in [-0.39, 0.29) is 18.4 Å². The van der Waals surface area contributed by atoms with Gasteiger partial charge in [0.25, 0.3) is 5.91 Å². The normalized spacial score (nSPS) is 16.5. The Morgan fingerprint density at radius 1 is 1.10 bits per heavy atom. The molecule has 2 aromatic rings. The van der Waals surface area contributed by atoms with E-state index in [9.17, 15) is 9.59 Å². The monoisotopic (exact) mass is 412 g/mol. The van der Waals surface area contributed by atoms with E-state index in [1.807, 2.05) is 39.1 Å². The molecule has 0 saturated heterocycles. The van der Waals surface area contributed by atoms with Gasteiger partial charge in [0.1, 0.15) is 12.4 Å². The van der Waals surface area contributed by atoms with Crippen LogP contribution in [-0.4, -0.2) is 76.7 Å². The summed E-state index contributed by atoms with van der Waals surface area (Å²) in [6, 6.07) is 6.05. The van der Waals surface area contributed by atoms with Gasteiger partial charge in [-0.25, -0.2) is 4.98 Å². The molecule has 0 saturated carbocycles. The lowest BCUT2D eigenvalue weighted by molar-refractivity contribution is -0.130. The average Bonchev–Trinajstić information content (AvgIpc) is 3.12. The highest BCUT2D eigenvalue weighted by Crippen LogP contribution is 2.15. The second-order valence-electron chi connectivity index (χ2n) is 7.87. The molecule has 162 valence electrons. The van der Waals surface area contributed by atoms with Crippen molar-refractivity contribution in [3.05, 3.63) is 41.3 Å². The van der Waals surface area contributed by atoms with Crippen LogP contribution in [0.2, 0.25) is 0 Å². The van der Waals surface area contributed by atoms with Gasteiger partial charge in [-0.1, -0.05) is 6.07 Å². The Morgan fingerprint density at radius 2 is 1.87 bits per heavy atom. The summed E-state index contributed by atoms with van der Waals surface area (Å²) < 4.78 is 1.80. The van der Waals surface area contributed by atoms with Gasteiger partial charge in [0.15, 0.2) is 0 Å². The van der Waals surface area contributed by atoms with Gasteiger partial charge in [-0.05, 0) is 45.2 Å². The lowest BCUT2D eigenvalue weighted by Crippen LogP contribution is -2.43. The van der Waals surface area contributed by atoms with Crippen molar-refractivity contribution in [2.45, 2.75) is 39.7 Å². The van der Waals surface area contributed by atoms with E-state index in [4.69, 9.17) is 4.98 Å². The molecule has 0 spiro atoms. The maximum absolute atomic E-state index is 13.2. The number of aromatic nitrogens is 3. The lowest BCUT2D eigenvalue weighted by atomic mass is 10.1. The number of aryl methyl sites for hydroxylation is 2. The number of rotatable bonds is 2. The Morgan fingerprint density at radius 3 is 2.60 bits per heavy atom. The topological polar surface area (TPSA) is 74.6 Å². The third-order valence-corrected chi connectivity index (χ3v) is 5.70. The molecule has 30 heavy (non-hydrogen) atoms. The van der Waals surface area contributed by atoms with Crippen LogP contribution < -0.4 is 4.90 Å². The summed E-state index contributed by atoms with van der Waals surface area (Å²) in [6.07, 6.45) is 3.94. The van der Waals surface area contributed by atoms with Crippen LogP contribution in [0.1, 0.15) is 41.5 Å². The highest BCUT2D eigenvalue weighted by Gasteiger charge is 2.24. The van der Waals surface area contributed by atoms with Crippen molar-refractivity contribution in [1.82, 2.24) is 24.6 Å². The van der Waals surface area contributed by atoms with E-state index in [1.54, 1.807) is 27.7 Å². The smallest absolute Gasteiger partial charge is 0.257 e. The van der Waals surface area contributed by atoms with E-state index in [0.29, 0.717) is 25.2 Å². The second-order valence-corrected chi connectivity index (χ2v) is 7.87. The van der Waals surface area contributed by atoms with Crippen molar-refractivity contribution < 1.29 is 9.59 Å². The van der Waals surface area contributed by atoms with Crippen molar-refractivity contribution in [1.29, 1.82) is 0 Å². The molecule has 1 aliphatic heterocycles. The van der Waals surface area contributed by atoms with E-state index in [2.05, 4.69) is 10.00 Å². The standard InChI is InChI=1S/C22H32N6O2/c1-5-28-17(2)19(15-23-28)22(30)27-14-7-10-18-9-6-11-20(24-18)25(3)12-8-13-26(4)21(29)16-27/h6,9,11,15H,5,7-8,10,12-14,16H2,1-4H3. The van der Waals surface area contributed by atoms with Crippen LogP contribution in [0.4, 0.5) is 5.82 Å². The number of amides is 2. The van der Waals surface area contributed by atoms with Crippen LogP contribution >= 0.6 is 0 Å². The fourth-order valence-electron chi connectivity index (χ4n) is 3.74. The summed E-state index contributed by atoms with van der Waals surface area (Å²) in [5, 5.41) is 4.29. The molecule has 3 heterocycles. The molecule has 0 N–H and O–H groups in total. The van der Waals surface area contributed by atoms with Crippen LogP contribution in [0.25, 0.3) is 0 Å². The van der Waals surface area contributed by atoms with E-state index < -0.39 is 0 Å². The Kier molecular flexibility index (Phi) is 7.07. The zero-order valence-corrected chi connectivity index (χ0v) is 18.5. The van der Waals surface area contributed by atoms with Gasteiger partial charge >= 0.3 is 0 Å². The van der Waals surface area contributed by atoms with Gasteiger partial charge in [0.05, 0.1) is 11.8 Å². The van der Waals surface area contributed by atoms with E-state index in [0.717, 1.165) is 43.0 Å². The second kappa shape index (κ2) is 9.73. The van der Waals surface area contributed by atoms with Crippen LogP contribution in [0, 0.1) is 6.92 Å². The highest BCUT2D eigenvalue weighted by molar-refractivity contribution is 5.97. The van der Waals surface area contributed by atoms with Gasteiger partial charge < -0.3 is 14.7 Å². The Labute approximate surface area is 178 Å². The molecule has 0 aromatic carbocycles. The fourth-order valence-corrected chi connectivity index (χ4v) is 3.74. The first-order valence-corrected chi connectivity index (χ1v) is 10.6. The first kappa shape index (κ1) is 21.8. The van der Waals surface area contributed by atoms with Gasteiger partial charge in [-0.3, -0.25) is 14.3 Å². The molecule has 2 aromatic heterocycles. The average molecular weight is 413 g/mol. The van der Waals surface area contributed by atoms with E-state index >= 15 is 0 Å². The SMILES string of the molecule is CCn1ncc(C(=O)N2CCCc3cccc(n3)N(C)CCCN(C)C(=O)C2)c1C. The number of carbonyl (C=O) groups is 2. The number of pyridine rings is 1. The zero-order valence-electron chi connectivity index (χ0n) is 18.5. The van der Waals surface area contributed by atoms with Crippen molar-refractivity contribution in [3.8, 4) is 0 Å². The first-order chi connectivity index (χ1) is 14.4. The molecule has 0 atom stereocenters. The number of fused-ring (bicyclic) bond motifs is 2. The maximum atomic E-state index is 13.2. The Balaban J connectivity index is 1.83. The van der Waals surface area contributed by atoms with Gasteiger partial charge in [-0.15, -0.1) is 0 Å². The van der Waals surface area contributed by atoms with Gasteiger partial charge in [0.2, 0.25) is 5.91 Å². The Hall–Kier alpha value is -2.90. The number of carbonyl (C=O) groups excluding carboxylic acids is 2. The predicted octanol–water partition coefficient (Wildman–Crippen LogP) is 1.98. The number of nitrogens with zero attached hydrogens (tertiary/aromatic N) is 6. The largest absolute Gasteiger partial charge is 0.360 e. The first-order valence-electron chi connectivity index (χ1n) is 10.6. The number of hydrogen-bond acceptors (Lipinski definition) is 5. The summed E-state index contributed by atoms with van der Waals surface area (Å²) in [5.41, 5.74) is 2.40. The van der Waals surface area contributed by atoms with Crippen LogP contribution in [0.5, 0.6) is 0 Å². The van der Waals surface area contributed by atoms with Crippen molar-refractivity contribution in [2.75, 3.05) is 45.2 Å². The molecule has 2 bridgehead atoms. The minimum absolute atomic E-state index is 0.0414. The molecule has 0 unspecified atom stereocenters. The molecule has 3 rings (SSSR count). The van der Waals surface area contributed by atoms with Gasteiger partial charge in [0, 0.05) is 51.7 Å². The quantitative estimate of drug-likeness (QED) is 0.754. The van der Waals surface area contributed by atoms with Crippen LogP contribution in [-0.2, 0) is 17.8 Å². The predicted molar refractivity (Wildman–Crippen MR) is 117 cm³/mol. The molecule has 0 fully saturated rings. The number of likely N-dealkylation sites (N-methyl/N-ethyl adjacent to an activating group) is 1. The van der Waals surface area contributed by atoms with Crippen molar-refractivity contribution in [2.24, 2.45) is 0 Å². The third-order valence-electron chi connectivity index (χ3n) is 5.70. The molecule has 8 heteroatoms. The molecule has 1 aliphatic rings. The van der Waals surface area contributed by atoms with Gasteiger partial charge in [-0.2, -0.15) is 5.10 Å². The number of anilines is 1. The third kappa shape index (κ3) is 4.98. The molecule has 2 amide bonds. The van der Waals surface area contributed by atoms with Crippen molar-refractivity contribution >= 4 is 17.6 Å². The highest BCUT2D eigenvalue weighted by atomic mass is 16.2. The summed E-state index contributed by atoms with van der Waals surface area (Å²) >= 11 is 0. The minimum Gasteiger partial charge on any atom is -0.360 e. The molecule has 0 aliphatic carbocycles.